The molecular formula is C33H33ClN6O3. The first-order chi connectivity index (χ1) is 20.7. The molecule has 5 rings (SSSR count). The summed E-state index contributed by atoms with van der Waals surface area (Å²) in [5.74, 6) is -0.665. The van der Waals surface area contributed by atoms with Crippen molar-refractivity contribution in [3.8, 4) is 0 Å². The third kappa shape index (κ3) is 6.28. The lowest BCUT2D eigenvalue weighted by molar-refractivity contribution is -0.134. The molecule has 0 bridgehead atoms. The van der Waals surface area contributed by atoms with Crippen molar-refractivity contribution in [2.75, 3.05) is 27.2 Å². The number of aryl methyl sites for hydroxylation is 1. The Kier molecular flexibility index (Phi) is 8.84. The average Bonchev–Trinajstić information content (AvgIpc) is 3.00. The van der Waals surface area contributed by atoms with Gasteiger partial charge in [-0.25, -0.2) is 4.98 Å². The molecule has 43 heavy (non-hydrogen) atoms. The van der Waals surface area contributed by atoms with Gasteiger partial charge in [0, 0.05) is 36.6 Å². The lowest BCUT2D eigenvalue weighted by Gasteiger charge is -2.33. The molecule has 1 atom stereocenters. The maximum Gasteiger partial charge on any atom is 0.261 e. The number of amides is 2. The van der Waals surface area contributed by atoms with Crippen molar-refractivity contribution in [2.24, 2.45) is 5.73 Å². The van der Waals surface area contributed by atoms with Crippen molar-refractivity contribution in [1.29, 1.82) is 0 Å². The van der Waals surface area contributed by atoms with Crippen LogP contribution in [0.4, 0.5) is 0 Å². The van der Waals surface area contributed by atoms with E-state index in [0.29, 0.717) is 40.1 Å². The predicted molar refractivity (Wildman–Crippen MR) is 169 cm³/mol. The molecule has 0 spiro atoms. The van der Waals surface area contributed by atoms with E-state index in [2.05, 4.69) is 0 Å². The number of likely N-dealkylation sites (N-methyl/N-ethyl adjacent to an activating group) is 1. The van der Waals surface area contributed by atoms with Crippen molar-refractivity contribution in [3.63, 3.8) is 0 Å². The molecule has 0 aliphatic rings. The van der Waals surface area contributed by atoms with Crippen molar-refractivity contribution < 1.29 is 9.59 Å². The number of fused-ring (bicyclic) bond motifs is 2. The van der Waals surface area contributed by atoms with Gasteiger partial charge in [0.05, 0.1) is 28.7 Å². The number of nitrogens with two attached hydrogens (primary N) is 1. The lowest BCUT2D eigenvalue weighted by atomic mass is 10.1. The smallest absolute Gasteiger partial charge is 0.261 e. The number of rotatable bonds is 9. The van der Waals surface area contributed by atoms with E-state index in [1.807, 2.05) is 55.5 Å². The van der Waals surface area contributed by atoms with E-state index in [-0.39, 0.29) is 30.4 Å². The summed E-state index contributed by atoms with van der Waals surface area (Å²) in [6.07, 6.45) is 0.435. The molecule has 0 radical (unpaired) electrons. The minimum atomic E-state index is -1.23. The summed E-state index contributed by atoms with van der Waals surface area (Å²) in [5, 5.41) is 1.69. The highest BCUT2D eigenvalue weighted by atomic mass is 35.5. The summed E-state index contributed by atoms with van der Waals surface area (Å²) < 4.78 is 1.44. The van der Waals surface area contributed by atoms with E-state index in [1.54, 1.807) is 44.4 Å². The molecule has 2 aromatic heterocycles. The van der Waals surface area contributed by atoms with E-state index < -0.39 is 11.9 Å². The third-order valence-corrected chi connectivity index (χ3v) is 7.55. The van der Waals surface area contributed by atoms with Crippen molar-refractivity contribution in [2.45, 2.75) is 25.9 Å². The Bertz CT molecular complexity index is 1870. The van der Waals surface area contributed by atoms with E-state index in [4.69, 9.17) is 27.3 Å². The van der Waals surface area contributed by atoms with Gasteiger partial charge in [0.2, 0.25) is 0 Å². The zero-order valence-corrected chi connectivity index (χ0v) is 25.1. The number of hydrogen-bond donors (Lipinski definition) is 1. The summed E-state index contributed by atoms with van der Waals surface area (Å²) in [6, 6.07) is 22.2. The van der Waals surface area contributed by atoms with Crippen LogP contribution in [0, 0.1) is 6.92 Å². The first kappa shape index (κ1) is 29.9. The van der Waals surface area contributed by atoms with E-state index in [0.717, 1.165) is 16.5 Å². The zero-order valence-electron chi connectivity index (χ0n) is 24.3. The molecule has 5 aromatic rings. The number of hydrogen-bond acceptors (Lipinski definition) is 6. The molecule has 0 aliphatic heterocycles. The number of pyridine rings is 1. The Labute approximate surface area is 254 Å². The standard InChI is InChI=1S/C33H33ClN6O3/c1-21-9-11-23(12-10-21)31(41)39(18-6-17-35)29(33(43)38(2)3)30-37-28-19-24(34)14-16-26(28)32(42)40(30)20-25-15-13-22-7-4-5-8-27(22)36-25/h4-5,7-16,19,29H,6,17-18,20,35H2,1-3H3. The molecule has 9 nitrogen and oxygen atoms in total. The van der Waals surface area contributed by atoms with Crippen LogP contribution in [0.15, 0.2) is 83.7 Å². The van der Waals surface area contributed by atoms with Gasteiger partial charge >= 0.3 is 0 Å². The fourth-order valence-corrected chi connectivity index (χ4v) is 5.20. The van der Waals surface area contributed by atoms with Gasteiger partial charge in [0.15, 0.2) is 6.04 Å². The van der Waals surface area contributed by atoms with E-state index in [9.17, 15) is 14.4 Å². The normalized spacial score (nSPS) is 11.9. The Balaban J connectivity index is 1.75. The summed E-state index contributed by atoms with van der Waals surface area (Å²) in [4.78, 5) is 54.8. The fraction of sp³-hybridized carbons (Fsp3) is 0.242. The van der Waals surface area contributed by atoms with Gasteiger partial charge in [-0.05, 0) is 62.4 Å². The lowest BCUT2D eigenvalue weighted by Crippen LogP contribution is -2.47. The molecule has 10 heteroatoms. The monoisotopic (exact) mass is 596 g/mol. The third-order valence-electron chi connectivity index (χ3n) is 7.32. The van der Waals surface area contributed by atoms with Crippen LogP contribution in [-0.2, 0) is 11.3 Å². The van der Waals surface area contributed by atoms with Crippen molar-refractivity contribution >= 4 is 45.2 Å². The minimum absolute atomic E-state index is 0.0330. The quantitative estimate of drug-likeness (QED) is 0.266. The highest BCUT2D eigenvalue weighted by molar-refractivity contribution is 6.31. The molecule has 2 amide bonds. The van der Waals surface area contributed by atoms with Crippen LogP contribution in [0.3, 0.4) is 0 Å². The summed E-state index contributed by atoms with van der Waals surface area (Å²) in [5.41, 5.74) is 8.62. The summed E-state index contributed by atoms with van der Waals surface area (Å²) >= 11 is 6.30. The molecule has 2 heterocycles. The van der Waals surface area contributed by atoms with Crippen LogP contribution >= 0.6 is 11.6 Å². The Morgan fingerprint density at radius 2 is 1.70 bits per heavy atom. The van der Waals surface area contributed by atoms with Gasteiger partial charge in [-0.3, -0.25) is 23.9 Å². The predicted octanol–water partition coefficient (Wildman–Crippen LogP) is 4.58. The maximum absolute atomic E-state index is 14.1. The minimum Gasteiger partial charge on any atom is -0.347 e. The van der Waals surface area contributed by atoms with Crippen LogP contribution < -0.4 is 11.3 Å². The Morgan fingerprint density at radius 1 is 0.953 bits per heavy atom. The number of para-hydroxylation sites is 1. The number of halogens is 1. The van der Waals surface area contributed by atoms with Crippen LogP contribution in [0.5, 0.6) is 0 Å². The first-order valence-electron chi connectivity index (χ1n) is 14.0. The molecule has 0 saturated heterocycles. The molecule has 0 fully saturated rings. The largest absolute Gasteiger partial charge is 0.347 e. The van der Waals surface area contributed by atoms with Gasteiger partial charge in [-0.1, -0.05) is 53.6 Å². The first-order valence-corrected chi connectivity index (χ1v) is 14.4. The van der Waals surface area contributed by atoms with Gasteiger partial charge in [-0.2, -0.15) is 0 Å². The van der Waals surface area contributed by atoms with Gasteiger partial charge < -0.3 is 15.5 Å². The molecule has 0 aliphatic carbocycles. The maximum atomic E-state index is 14.1. The topological polar surface area (TPSA) is 114 Å². The van der Waals surface area contributed by atoms with Crippen LogP contribution in [0.25, 0.3) is 21.8 Å². The average molecular weight is 597 g/mol. The zero-order chi connectivity index (χ0) is 30.7. The van der Waals surface area contributed by atoms with Crippen molar-refractivity contribution in [1.82, 2.24) is 24.3 Å². The summed E-state index contributed by atoms with van der Waals surface area (Å²) in [7, 11) is 3.22. The number of benzene rings is 3. The number of carbonyl (C=O) groups excluding carboxylic acids is 2. The number of nitrogens with zero attached hydrogens (tertiary/aromatic N) is 5. The second-order valence-electron chi connectivity index (χ2n) is 10.7. The molecule has 1 unspecified atom stereocenters. The van der Waals surface area contributed by atoms with E-state index in [1.165, 1.54) is 14.4 Å². The molecule has 220 valence electrons. The van der Waals surface area contributed by atoms with Crippen molar-refractivity contribution in [3.05, 3.63) is 117 Å². The highest BCUT2D eigenvalue weighted by Crippen LogP contribution is 2.27. The van der Waals surface area contributed by atoms with Gasteiger partial charge in [-0.15, -0.1) is 0 Å². The number of aromatic nitrogens is 3. The molecule has 2 N–H and O–H groups in total. The summed E-state index contributed by atoms with van der Waals surface area (Å²) in [6.45, 7) is 2.44. The second kappa shape index (κ2) is 12.7. The highest BCUT2D eigenvalue weighted by Gasteiger charge is 2.37. The fourth-order valence-electron chi connectivity index (χ4n) is 5.03. The Hall–Kier alpha value is -4.60. The molecular weight excluding hydrogens is 564 g/mol. The van der Waals surface area contributed by atoms with Crippen LogP contribution in [0.2, 0.25) is 5.02 Å². The Morgan fingerprint density at radius 3 is 2.42 bits per heavy atom. The molecule has 3 aromatic carbocycles. The molecule has 0 saturated carbocycles. The van der Waals surface area contributed by atoms with Crippen LogP contribution in [-0.4, -0.2) is 63.3 Å². The van der Waals surface area contributed by atoms with Crippen LogP contribution in [0.1, 0.15) is 39.9 Å². The van der Waals surface area contributed by atoms with Gasteiger partial charge in [0.25, 0.3) is 17.4 Å². The second-order valence-corrected chi connectivity index (χ2v) is 11.1. The number of carbonyl (C=O) groups is 2. The van der Waals surface area contributed by atoms with Gasteiger partial charge in [0.1, 0.15) is 5.82 Å². The SMILES string of the molecule is Cc1ccc(C(=O)N(CCCN)C(C(=O)N(C)C)c2nc3cc(Cl)ccc3c(=O)n2Cc2ccc3ccccc3n2)cc1. The van der Waals surface area contributed by atoms with E-state index >= 15 is 0 Å².